The Morgan fingerprint density at radius 2 is 1.68 bits per heavy atom. The van der Waals surface area contributed by atoms with Crippen LogP contribution in [0.3, 0.4) is 0 Å². The Balaban J connectivity index is 1.77. The lowest BCUT2D eigenvalue weighted by molar-refractivity contribution is -0.119. The van der Waals surface area contributed by atoms with Gasteiger partial charge in [-0.05, 0) is 75.2 Å². The molecule has 0 radical (unpaired) electrons. The molecule has 0 spiro atoms. The molecule has 1 heterocycles. The monoisotopic (exact) mass is 520 g/mol. The van der Waals surface area contributed by atoms with Crippen LogP contribution in [0.5, 0.6) is 0 Å². The first-order valence-electron chi connectivity index (χ1n) is 10.4. The summed E-state index contributed by atoms with van der Waals surface area (Å²) in [6, 6.07) is 12.4. The topological polar surface area (TPSA) is 83.8 Å². The van der Waals surface area contributed by atoms with E-state index in [1.165, 1.54) is 6.21 Å². The maximum Gasteiger partial charge on any atom is 0.260 e. The van der Waals surface area contributed by atoms with Crippen molar-refractivity contribution in [2.75, 3.05) is 17.1 Å². The van der Waals surface area contributed by atoms with Crippen molar-refractivity contribution in [1.82, 2.24) is 9.99 Å². The molecule has 0 fully saturated rings. The molecule has 34 heavy (non-hydrogen) atoms. The highest BCUT2D eigenvalue weighted by Crippen LogP contribution is 2.26. The molecule has 10 heteroatoms. The van der Waals surface area contributed by atoms with Gasteiger partial charge in [0, 0.05) is 32.7 Å². The second kappa shape index (κ2) is 10.2. The number of aromatic nitrogens is 1. The van der Waals surface area contributed by atoms with E-state index in [9.17, 15) is 13.2 Å². The molecule has 0 unspecified atom stereocenters. The summed E-state index contributed by atoms with van der Waals surface area (Å²) < 4.78 is 27.7. The number of hydrogen-bond acceptors (Lipinski definition) is 4. The number of nitrogens with one attached hydrogen (secondary N) is 1. The summed E-state index contributed by atoms with van der Waals surface area (Å²) in [4.78, 5) is 12.5. The lowest BCUT2D eigenvalue weighted by Gasteiger charge is -2.22. The summed E-state index contributed by atoms with van der Waals surface area (Å²) in [7, 11) is -3.67. The van der Waals surface area contributed by atoms with Gasteiger partial charge >= 0.3 is 0 Å². The van der Waals surface area contributed by atoms with Gasteiger partial charge in [-0.2, -0.15) is 5.10 Å². The summed E-state index contributed by atoms with van der Waals surface area (Å²) in [6.07, 6.45) is 2.58. The summed E-state index contributed by atoms with van der Waals surface area (Å²) in [6.45, 7) is 7.28. The first kappa shape index (κ1) is 25.8. The second-order valence-electron chi connectivity index (χ2n) is 8.12. The Hall–Kier alpha value is -2.81. The van der Waals surface area contributed by atoms with E-state index in [4.69, 9.17) is 23.2 Å². The van der Waals surface area contributed by atoms with Gasteiger partial charge in [0.05, 0.1) is 18.2 Å². The molecule has 1 amide bonds. The molecule has 1 N–H and O–H groups in total. The predicted octanol–water partition coefficient (Wildman–Crippen LogP) is 4.93. The van der Waals surface area contributed by atoms with Crippen LogP contribution in [0.25, 0.3) is 5.69 Å². The van der Waals surface area contributed by atoms with Crippen LogP contribution in [-0.4, -0.2) is 37.9 Å². The number of carbonyl (C=O) groups is 1. The van der Waals surface area contributed by atoms with Crippen molar-refractivity contribution in [3.63, 3.8) is 0 Å². The Bertz CT molecular complexity index is 1360. The summed E-state index contributed by atoms with van der Waals surface area (Å²) in [5, 5.41) is 5.08. The zero-order chi connectivity index (χ0) is 25.2. The highest BCUT2D eigenvalue weighted by molar-refractivity contribution is 7.92. The molecule has 1 aromatic heterocycles. The average molecular weight is 521 g/mol. The normalized spacial score (nSPS) is 11.7. The Labute approximate surface area is 210 Å². The zero-order valence-electron chi connectivity index (χ0n) is 19.6. The smallest absolute Gasteiger partial charge is 0.260 e. The Morgan fingerprint density at radius 1 is 1.03 bits per heavy atom. The Morgan fingerprint density at radius 3 is 2.26 bits per heavy atom. The van der Waals surface area contributed by atoms with Crippen LogP contribution >= 0.6 is 23.2 Å². The van der Waals surface area contributed by atoms with Gasteiger partial charge in [0.2, 0.25) is 10.0 Å². The van der Waals surface area contributed by atoms with Gasteiger partial charge in [-0.1, -0.05) is 29.3 Å². The van der Waals surface area contributed by atoms with Gasteiger partial charge in [0.1, 0.15) is 6.54 Å². The maximum absolute atomic E-state index is 12.5. The van der Waals surface area contributed by atoms with Gasteiger partial charge in [-0.15, -0.1) is 0 Å². The van der Waals surface area contributed by atoms with Crippen LogP contribution in [0.4, 0.5) is 5.69 Å². The minimum absolute atomic E-state index is 0.390. The van der Waals surface area contributed by atoms with Gasteiger partial charge in [0.25, 0.3) is 5.91 Å². The number of benzene rings is 2. The van der Waals surface area contributed by atoms with Crippen molar-refractivity contribution in [3.05, 3.63) is 80.6 Å². The van der Waals surface area contributed by atoms with Crippen molar-refractivity contribution in [1.29, 1.82) is 0 Å². The first-order valence-corrected chi connectivity index (χ1v) is 13.0. The fraction of sp³-hybridized carbons (Fsp3) is 0.250. The molecule has 7 nitrogen and oxygen atoms in total. The van der Waals surface area contributed by atoms with Crippen LogP contribution < -0.4 is 9.73 Å². The molecule has 0 bridgehead atoms. The third kappa shape index (κ3) is 6.00. The van der Waals surface area contributed by atoms with Gasteiger partial charge < -0.3 is 4.57 Å². The molecule has 0 aliphatic carbocycles. The lowest BCUT2D eigenvalue weighted by atomic mass is 10.1. The molecule has 180 valence electrons. The molecular weight excluding hydrogens is 495 g/mol. The lowest BCUT2D eigenvalue weighted by Crippen LogP contribution is -2.39. The summed E-state index contributed by atoms with van der Waals surface area (Å²) >= 11 is 12.3. The van der Waals surface area contributed by atoms with E-state index in [1.807, 2.05) is 56.5 Å². The molecule has 2 aromatic carbocycles. The van der Waals surface area contributed by atoms with Crippen molar-refractivity contribution >= 4 is 51.0 Å². The maximum atomic E-state index is 12.5. The number of halogens is 2. The van der Waals surface area contributed by atoms with Crippen molar-refractivity contribution < 1.29 is 13.2 Å². The molecule has 0 aliphatic heterocycles. The standard InChI is InChI=1S/C24H26Cl2N4O3S/c1-15-6-7-22(8-16(15)2)29(34(5,32)33)14-24(31)28-27-13-19-9-17(3)30(18(19)4)23-11-20(25)10-21(26)12-23/h6-13H,14H2,1-5H3,(H,28,31)/b27-13-. The number of hydrogen-bond donors (Lipinski definition) is 1. The third-order valence-electron chi connectivity index (χ3n) is 5.43. The SMILES string of the molecule is Cc1ccc(N(CC(=O)N/N=C\c2cc(C)n(-c3cc(Cl)cc(Cl)c3)c2C)S(C)(=O)=O)cc1C. The second-order valence-corrected chi connectivity index (χ2v) is 10.9. The van der Waals surface area contributed by atoms with E-state index < -0.39 is 22.5 Å². The van der Waals surface area contributed by atoms with E-state index in [-0.39, 0.29) is 0 Å². The number of sulfonamides is 1. The highest BCUT2D eigenvalue weighted by atomic mass is 35.5. The van der Waals surface area contributed by atoms with Crippen molar-refractivity contribution in [3.8, 4) is 5.69 Å². The number of hydrazone groups is 1. The molecule has 3 rings (SSSR count). The molecular formula is C24H26Cl2N4O3S. The molecule has 0 aliphatic rings. The third-order valence-corrected chi connectivity index (χ3v) is 7.01. The minimum Gasteiger partial charge on any atom is -0.318 e. The van der Waals surface area contributed by atoms with Crippen molar-refractivity contribution in [2.45, 2.75) is 27.7 Å². The quantitative estimate of drug-likeness (QED) is 0.353. The average Bonchev–Trinajstić information content (AvgIpc) is 3.00. The van der Waals surface area contributed by atoms with Crippen LogP contribution in [-0.2, 0) is 14.8 Å². The fourth-order valence-corrected chi connectivity index (χ4v) is 4.97. The van der Waals surface area contributed by atoms with E-state index in [0.717, 1.165) is 44.3 Å². The van der Waals surface area contributed by atoms with Gasteiger partial charge in [0.15, 0.2) is 0 Å². The molecule has 0 saturated carbocycles. The summed E-state index contributed by atoms with van der Waals surface area (Å²) in [5.74, 6) is -0.560. The molecule has 0 atom stereocenters. The first-order chi connectivity index (χ1) is 15.9. The predicted molar refractivity (Wildman–Crippen MR) is 139 cm³/mol. The van der Waals surface area contributed by atoms with E-state index >= 15 is 0 Å². The zero-order valence-corrected chi connectivity index (χ0v) is 21.9. The van der Waals surface area contributed by atoms with Gasteiger partial charge in [-0.25, -0.2) is 13.8 Å². The van der Waals surface area contributed by atoms with E-state index in [0.29, 0.717) is 15.7 Å². The fourth-order valence-electron chi connectivity index (χ4n) is 3.60. The van der Waals surface area contributed by atoms with E-state index in [2.05, 4.69) is 10.5 Å². The number of carbonyl (C=O) groups excluding carboxylic acids is 1. The number of anilines is 1. The number of nitrogens with zero attached hydrogens (tertiary/aromatic N) is 3. The minimum atomic E-state index is -3.67. The largest absolute Gasteiger partial charge is 0.318 e. The highest BCUT2D eigenvalue weighted by Gasteiger charge is 2.21. The van der Waals surface area contributed by atoms with Crippen LogP contribution in [0.15, 0.2) is 47.6 Å². The van der Waals surface area contributed by atoms with Crippen LogP contribution in [0.2, 0.25) is 10.0 Å². The number of amides is 1. The number of rotatable bonds is 7. The van der Waals surface area contributed by atoms with Crippen LogP contribution in [0, 0.1) is 27.7 Å². The van der Waals surface area contributed by atoms with Crippen LogP contribution in [0.1, 0.15) is 28.1 Å². The molecule has 3 aromatic rings. The number of aryl methyl sites for hydroxylation is 3. The van der Waals surface area contributed by atoms with Crippen molar-refractivity contribution in [2.24, 2.45) is 5.10 Å². The Kier molecular flexibility index (Phi) is 7.75. The summed E-state index contributed by atoms with van der Waals surface area (Å²) in [5.41, 5.74) is 8.21. The molecule has 0 saturated heterocycles. The van der Waals surface area contributed by atoms with E-state index in [1.54, 1.807) is 18.2 Å². The van der Waals surface area contributed by atoms with Gasteiger partial charge in [-0.3, -0.25) is 9.10 Å².